The number of hydrogen-bond acceptors (Lipinski definition) is 1. The van der Waals surface area contributed by atoms with Gasteiger partial charge in [-0.2, -0.15) is 0 Å². The van der Waals surface area contributed by atoms with E-state index in [4.69, 9.17) is 0 Å². The van der Waals surface area contributed by atoms with E-state index < -0.39 is 0 Å². The lowest BCUT2D eigenvalue weighted by Gasteiger charge is -2.09. The van der Waals surface area contributed by atoms with Crippen molar-refractivity contribution in [1.29, 1.82) is 0 Å². The number of rotatable bonds is 0. The molecule has 2 nitrogen and oxygen atoms in total. The van der Waals surface area contributed by atoms with Crippen LogP contribution < -0.4 is 5.43 Å². The van der Waals surface area contributed by atoms with E-state index in [0.717, 1.165) is 21.8 Å². The Kier molecular flexibility index (Phi) is 1.83. The Bertz CT molecular complexity index is 680. The second kappa shape index (κ2) is 3.20. The standard InChI is InChI=1S/C14H11NO/c1-15-12-8-4-2-6-10(12)14(16)11-7-3-5-9-13(11)15/h2-9H,1H3. The second-order valence-corrected chi connectivity index (χ2v) is 3.92. The highest BCUT2D eigenvalue weighted by Crippen LogP contribution is 2.16. The predicted octanol–water partition coefficient (Wildman–Crippen LogP) is 2.69. The van der Waals surface area contributed by atoms with Gasteiger partial charge in [0, 0.05) is 17.8 Å². The van der Waals surface area contributed by atoms with Gasteiger partial charge in [0.05, 0.1) is 11.0 Å². The first-order valence-electron chi connectivity index (χ1n) is 5.25. The highest BCUT2D eigenvalue weighted by molar-refractivity contribution is 5.93. The lowest BCUT2D eigenvalue weighted by Crippen LogP contribution is -2.08. The monoisotopic (exact) mass is 209 g/mol. The predicted molar refractivity (Wildman–Crippen MR) is 66.7 cm³/mol. The summed E-state index contributed by atoms with van der Waals surface area (Å²) in [6, 6.07) is 15.4. The van der Waals surface area contributed by atoms with Crippen LogP contribution in [0.3, 0.4) is 0 Å². The first-order chi connectivity index (χ1) is 7.79. The van der Waals surface area contributed by atoms with Gasteiger partial charge in [-0.1, -0.05) is 24.3 Å². The molecule has 3 rings (SSSR count). The van der Waals surface area contributed by atoms with Crippen molar-refractivity contribution in [3.63, 3.8) is 0 Å². The van der Waals surface area contributed by atoms with Gasteiger partial charge >= 0.3 is 0 Å². The lowest BCUT2D eigenvalue weighted by molar-refractivity contribution is 1.00. The van der Waals surface area contributed by atoms with Crippen LogP contribution in [0.1, 0.15) is 0 Å². The third-order valence-corrected chi connectivity index (χ3v) is 3.02. The SMILES string of the molecule is Cn1c2ccccc2c(=O)c2ccccc21. The Morgan fingerprint density at radius 1 is 0.812 bits per heavy atom. The maximum absolute atomic E-state index is 12.2. The Labute approximate surface area is 92.8 Å². The fourth-order valence-electron chi connectivity index (χ4n) is 2.19. The molecule has 0 bridgehead atoms. The summed E-state index contributed by atoms with van der Waals surface area (Å²) in [4.78, 5) is 12.2. The van der Waals surface area contributed by atoms with Gasteiger partial charge < -0.3 is 4.57 Å². The summed E-state index contributed by atoms with van der Waals surface area (Å²) < 4.78 is 2.06. The van der Waals surface area contributed by atoms with E-state index in [1.54, 1.807) is 0 Å². The van der Waals surface area contributed by atoms with E-state index >= 15 is 0 Å². The number of benzene rings is 2. The first kappa shape index (κ1) is 9.16. The van der Waals surface area contributed by atoms with E-state index in [9.17, 15) is 4.79 Å². The molecule has 0 saturated heterocycles. The van der Waals surface area contributed by atoms with E-state index in [2.05, 4.69) is 4.57 Å². The number of aromatic nitrogens is 1. The molecule has 1 aromatic heterocycles. The van der Waals surface area contributed by atoms with E-state index in [1.165, 1.54) is 0 Å². The maximum atomic E-state index is 12.2. The van der Waals surface area contributed by atoms with E-state index in [-0.39, 0.29) is 5.43 Å². The van der Waals surface area contributed by atoms with Gasteiger partial charge in [-0.3, -0.25) is 4.79 Å². The Morgan fingerprint density at radius 3 is 1.75 bits per heavy atom. The number of nitrogens with zero attached hydrogens (tertiary/aromatic N) is 1. The van der Waals surface area contributed by atoms with Crippen LogP contribution in [-0.2, 0) is 7.05 Å². The Morgan fingerprint density at radius 2 is 1.25 bits per heavy atom. The molecule has 0 fully saturated rings. The van der Waals surface area contributed by atoms with Gasteiger partial charge in [-0.15, -0.1) is 0 Å². The van der Waals surface area contributed by atoms with Gasteiger partial charge in [-0.25, -0.2) is 0 Å². The highest BCUT2D eigenvalue weighted by Gasteiger charge is 2.06. The molecule has 0 unspecified atom stereocenters. The van der Waals surface area contributed by atoms with Crippen molar-refractivity contribution >= 4 is 21.8 Å². The highest BCUT2D eigenvalue weighted by atomic mass is 16.1. The minimum absolute atomic E-state index is 0.115. The van der Waals surface area contributed by atoms with Crippen LogP contribution >= 0.6 is 0 Å². The second-order valence-electron chi connectivity index (χ2n) is 3.92. The minimum atomic E-state index is 0.115. The van der Waals surface area contributed by atoms with Crippen molar-refractivity contribution in [1.82, 2.24) is 4.57 Å². The van der Waals surface area contributed by atoms with Crippen molar-refractivity contribution in [2.24, 2.45) is 7.05 Å². The molecule has 16 heavy (non-hydrogen) atoms. The zero-order valence-corrected chi connectivity index (χ0v) is 8.97. The largest absolute Gasteiger partial charge is 0.343 e. The number of pyridine rings is 1. The summed E-state index contributed by atoms with van der Waals surface area (Å²) in [5, 5.41) is 1.56. The van der Waals surface area contributed by atoms with Crippen molar-refractivity contribution < 1.29 is 0 Å². The molecule has 0 aliphatic heterocycles. The number of aryl methyl sites for hydroxylation is 1. The van der Waals surface area contributed by atoms with Crippen molar-refractivity contribution in [2.45, 2.75) is 0 Å². The maximum Gasteiger partial charge on any atom is 0.197 e. The first-order valence-corrected chi connectivity index (χ1v) is 5.25. The number of hydrogen-bond donors (Lipinski definition) is 0. The Hall–Kier alpha value is -2.09. The molecule has 0 radical (unpaired) electrons. The molecule has 0 saturated carbocycles. The third kappa shape index (κ3) is 1.10. The smallest absolute Gasteiger partial charge is 0.197 e. The van der Waals surface area contributed by atoms with Crippen molar-refractivity contribution in [3.8, 4) is 0 Å². The molecule has 0 N–H and O–H groups in total. The molecule has 0 aliphatic rings. The fourth-order valence-corrected chi connectivity index (χ4v) is 2.19. The summed E-state index contributed by atoms with van der Waals surface area (Å²) in [7, 11) is 1.99. The number of fused-ring (bicyclic) bond motifs is 2. The molecule has 2 aromatic carbocycles. The minimum Gasteiger partial charge on any atom is -0.343 e. The molecular weight excluding hydrogens is 198 g/mol. The fraction of sp³-hybridized carbons (Fsp3) is 0.0714. The van der Waals surface area contributed by atoms with Gasteiger partial charge in [0.15, 0.2) is 5.43 Å². The van der Waals surface area contributed by atoms with Crippen LogP contribution in [0.5, 0.6) is 0 Å². The molecular formula is C14H11NO. The summed E-state index contributed by atoms with van der Waals surface area (Å²) in [6.07, 6.45) is 0. The molecule has 0 spiro atoms. The van der Waals surface area contributed by atoms with Crippen LogP contribution in [0.15, 0.2) is 53.3 Å². The Balaban J connectivity index is 2.73. The molecule has 1 heterocycles. The topological polar surface area (TPSA) is 22.0 Å². The lowest BCUT2D eigenvalue weighted by atomic mass is 10.1. The van der Waals surface area contributed by atoms with Crippen molar-refractivity contribution in [3.05, 3.63) is 58.8 Å². The quantitative estimate of drug-likeness (QED) is 0.522. The van der Waals surface area contributed by atoms with E-state index in [0.29, 0.717) is 0 Å². The van der Waals surface area contributed by atoms with Gasteiger partial charge in [0.2, 0.25) is 0 Å². The number of para-hydroxylation sites is 2. The summed E-state index contributed by atoms with van der Waals surface area (Å²) in [5.41, 5.74) is 2.07. The zero-order valence-electron chi connectivity index (χ0n) is 8.97. The average molecular weight is 209 g/mol. The summed E-state index contributed by atoms with van der Waals surface area (Å²) >= 11 is 0. The normalized spacial score (nSPS) is 11.1. The van der Waals surface area contributed by atoms with Crippen LogP contribution in [0.25, 0.3) is 21.8 Å². The van der Waals surface area contributed by atoms with Gasteiger partial charge in [-0.05, 0) is 24.3 Å². The molecule has 3 aromatic rings. The van der Waals surface area contributed by atoms with Gasteiger partial charge in [0.1, 0.15) is 0 Å². The summed E-state index contributed by atoms with van der Waals surface area (Å²) in [6.45, 7) is 0. The summed E-state index contributed by atoms with van der Waals surface area (Å²) in [5.74, 6) is 0. The van der Waals surface area contributed by atoms with Crippen molar-refractivity contribution in [2.75, 3.05) is 0 Å². The molecule has 0 atom stereocenters. The third-order valence-electron chi connectivity index (χ3n) is 3.02. The van der Waals surface area contributed by atoms with Crippen LogP contribution in [0.2, 0.25) is 0 Å². The average Bonchev–Trinajstić information content (AvgIpc) is 2.36. The molecule has 0 aliphatic carbocycles. The van der Waals surface area contributed by atoms with Gasteiger partial charge in [0.25, 0.3) is 0 Å². The van der Waals surface area contributed by atoms with E-state index in [1.807, 2.05) is 55.6 Å². The zero-order chi connectivity index (χ0) is 11.1. The van der Waals surface area contributed by atoms with Crippen LogP contribution in [0.4, 0.5) is 0 Å². The van der Waals surface area contributed by atoms with Crippen LogP contribution in [-0.4, -0.2) is 4.57 Å². The molecule has 2 heteroatoms. The molecule has 0 amide bonds. The van der Waals surface area contributed by atoms with Crippen LogP contribution in [0, 0.1) is 0 Å². The molecule has 78 valence electrons.